The van der Waals surface area contributed by atoms with Crippen LogP contribution in [0.1, 0.15) is 58.8 Å². The van der Waals surface area contributed by atoms with Crippen LogP contribution in [0.15, 0.2) is 11.1 Å². The summed E-state index contributed by atoms with van der Waals surface area (Å²) in [6.07, 6.45) is 10.4. The number of allylic oxidation sites excluding steroid dienone is 2. The average Bonchev–Trinajstić information content (AvgIpc) is 2.72. The van der Waals surface area contributed by atoms with Gasteiger partial charge < -0.3 is 0 Å². The van der Waals surface area contributed by atoms with Gasteiger partial charge in [0.05, 0.1) is 0 Å². The van der Waals surface area contributed by atoms with Crippen LogP contribution in [0.3, 0.4) is 0 Å². The highest BCUT2D eigenvalue weighted by atomic mass is 14.6. The first-order valence-electron chi connectivity index (χ1n) is 6.43. The minimum absolute atomic E-state index is 0.642. The molecule has 0 N–H and O–H groups in total. The maximum Gasteiger partial charge on any atom is -0.00798 e. The Morgan fingerprint density at radius 2 is 2.00 bits per heavy atom. The molecule has 3 aliphatic carbocycles. The quantitative estimate of drug-likeness (QED) is 0.499. The van der Waals surface area contributed by atoms with Gasteiger partial charge in [0.2, 0.25) is 0 Å². The molecule has 0 bridgehead atoms. The summed E-state index contributed by atoms with van der Waals surface area (Å²) in [5.74, 6) is 2.03. The lowest BCUT2D eigenvalue weighted by molar-refractivity contribution is 0.190. The van der Waals surface area contributed by atoms with Crippen molar-refractivity contribution in [1.82, 2.24) is 0 Å². The largest absolute Gasteiger partial charge is 0.0701 e. The fraction of sp³-hybridized carbons (Fsp3) is 0.857. The minimum atomic E-state index is 0.642. The number of rotatable bonds is 0. The van der Waals surface area contributed by atoms with Gasteiger partial charge in [-0.3, -0.25) is 0 Å². The fourth-order valence-electron chi connectivity index (χ4n) is 4.75. The summed E-state index contributed by atoms with van der Waals surface area (Å²) in [5, 5.41) is 0. The molecule has 0 heteroatoms. The molecule has 0 amide bonds. The van der Waals surface area contributed by atoms with Crippen molar-refractivity contribution in [1.29, 1.82) is 0 Å². The molecule has 0 spiro atoms. The Balaban J connectivity index is 2.04. The van der Waals surface area contributed by atoms with Gasteiger partial charge in [0.25, 0.3) is 0 Å². The van der Waals surface area contributed by atoms with E-state index in [-0.39, 0.29) is 0 Å². The van der Waals surface area contributed by atoms with E-state index in [9.17, 15) is 0 Å². The molecule has 0 nitrogen and oxygen atoms in total. The van der Waals surface area contributed by atoms with E-state index in [1.54, 1.807) is 0 Å². The molecule has 0 saturated heterocycles. The molecule has 3 atom stereocenters. The number of hydrogen-bond acceptors (Lipinski definition) is 0. The van der Waals surface area contributed by atoms with Crippen molar-refractivity contribution >= 4 is 0 Å². The van der Waals surface area contributed by atoms with Crippen LogP contribution in [0.5, 0.6) is 0 Å². The first kappa shape index (κ1) is 9.00. The van der Waals surface area contributed by atoms with E-state index in [2.05, 4.69) is 13.8 Å². The van der Waals surface area contributed by atoms with Crippen LogP contribution in [0.25, 0.3) is 0 Å². The number of fused-ring (bicyclic) bond motifs is 3. The van der Waals surface area contributed by atoms with Crippen molar-refractivity contribution in [3.8, 4) is 0 Å². The Bertz CT molecular complexity index is 286. The number of hydrogen-bond donors (Lipinski definition) is 0. The van der Waals surface area contributed by atoms with Crippen molar-refractivity contribution in [2.45, 2.75) is 58.8 Å². The first-order chi connectivity index (χ1) is 6.73. The van der Waals surface area contributed by atoms with E-state index in [1.807, 2.05) is 11.1 Å². The molecule has 14 heavy (non-hydrogen) atoms. The third-order valence-electron chi connectivity index (χ3n) is 5.43. The highest BCUT2D eigenvalue weighted by Crippen LogP contribution is 2.62. The summed E-state index contributed by atoms with van der Waals surface area (Å²) in [6, 6.07) is 0. The highest BCUT2D eigenvalue weighted by Gasteiger charge is 2.51. The molecule has 0 heterocycles. The van der Waals surface area contributed by atoms with Crippen LogP contribution in [-0.4, -0.2) is 0 Å². The molecule has 0 aliphatic heterocycles. The van der Waals surface area contributed by atoms with Gasteiger partial charge in [-0.2, -0.15) is 0 Å². The third kappa shape index (κ3) is 0.951. The molecule has 0 aromatic heterocycles. The van der Waals surface area contributed by atoms with Gasteiger partial charge in [-0.25, -0.2) is 0 Å². The summed E-state index contributed by atoms with van der Waals surface area (Å²) >= 11 is 0. The topological polar surface area (TPSA) is 0 Å². The molecule has 2 saturated carbocycles. The van der Waals surface area contributed by atoms with Crippen molar-refractivity contribution < 1.29 is 0 Å². The Kier molecular flexibility index (Phi) is 1.84. The smallest absolute Gasteiger partial charge is 0.00798 e. The second-order valence-electron chi connectivity index (χ2n) is 5.93. The van der Waals surface area contributed by atoms with Crippen molar-refractivity contribution in [2.75, 3.05) is 0 Å². The normalized spacial score (nSPS) is 46.7. The van der Waals surface area contributed by atoms with Crippen LogP contribution in [0, 0.1) is 17.3 Å². The predicted octanol–water partition coefficient (Wildman–Crippen LogP) is 4.31. The molecule has 3 aliphatic rings. The Morgan fingerprint density at radius 1 is 1.14 bits per heavy atom. The molecular formula is C14H22. The summed E-state index contributed by atoms with van der Waals surface area (Å²) < 4.78 is 0. The Hall–Kier alpha value is -0.260. The average molecular weight is 190 g/mol. The molecule has 0 aromatic rings. The summed E-state index contributed by atoms with van der Waals surface area (Å²) in [4.78, 5) is 0. The van der Waals surface area contributed by atoms with Gasteiger partial charge in [0.15, 0.2) is 0 Å². The SMILES string of the molecule is CC1=C2CCCC[C@]2(C)[C@H]2CCC[C@@H]12. The minimum Gasteiger partial charge on any atom is -0.0701 e. The van der Waals surface area contributed by atoms with Crippen molar-refractivity contribution in [3.05, 3.63) is 11.1 Å². The molecule has 0 aromatic carbocycles. The second kappa shape index (κ2) is 2.87. The van der Waals surface area contributed by atoms with Crippen molar-refractivity contribution in [3.63, 3.8) is 0 Å². The first-order valence-corrected chi connectivity index (χ1v) is 6.43. The predicted molar refractivity (Wildman–Crippen MR) is 60.1 cm³/mol. The van der Waals surface area contributed by atoms with E-state index in [4.69, 9.17) is 0 Å². The molecular weight excluding hydrogens is 168 g/mol. The maximum absolute atomic E-state index is 2.57. The standard InChI is InChI=1S/C14H22/c1-10-11-6-5-8-13(11)14(2)9-4-3-7-12(10)14/h11,13H,3-9H2,1-2H3/t11-,13-,14-/m0/s1. The van der Waals surface area contributed by atoms with Crippen LogP contribution in [0.4, 0.5) is 0 Å². The summed E-state index contributed by atoms with van der Waals surface area (Å²) in [5.41, 5.74) is 4.34. The van der Waals surface area contributed by atoms with Gasteiger partial charge in [0, 0.05) is 0 Å². The Labute approximate surface area is 87.8 Å². The van der Waals surface area contributed by atoms with Gasteiger partial charge in [-0.05, 0) is 56.3 Å². The van der Waals surface area contributed by atoms with Gasteiger partial charge in [0.1, 0.15) is 0 Å². The van der Waals surface area contributed by atoms with Gasteiger partial charge >= 0.3 is 0 Å². The zero-order valence-electron chi connectivity index (χ0n) is 9.60. The molecule has 0 unspecified atom stereocenters. The zero-order valence-corrected chi connectivity index (χ0v) is 9.60. The summed E-state index contributed by atoms with van der Waals surface area (Å²) in [6.45, 7) is 5.01. The molecule has 0 radical (unpaired) electrons. The van der Waals surface area contributed by atoms with Gasteiger partial charge in [-0.1, -0.05) is 30.9 Å². The monoisotopic (exact) mass is 190 g/mol. The van der Waals surface area contributed by atoms with Crippen LogP contribution < -0.4 is 0 Å². The van der Waals surface area contributed by atoms with Crippen molar-refractivity contribution in [2.24, 2.45) is 17.3 Å². The fourth-order valence-corrected chi connectivity index (χ4v) is 4.75. The zero-order chi connectivity index (χ0) is 9.76. The van der Waals surface area contributed by atoms with E-state index < -0.39 is 0 Å². The van der Waals surface area contributed by atoms with E-state index in [0.29, 0.717) is 5.41 Å². The van der Waals surface area contributed by atoms with E-state index in [0.717, 1.165) is 11.8 Å². The maximum atomic E-state index is 2.57. The highest BCUT2D eigenvalue weighted by molar-refractivity contribution is 5.33. The van der Waals surface area contributed by atoms with Crippen LogP contribution >= 0.6 is 0 Å². The lowest BCUT2D eigenvalue weighted by Gasteiger charge is -2.38. The summed E-state index contributed by atoms with van der Waals surface area (Å²) in [7, 11) is 0. The van der Waals surface area contributed by atoms with E-state index >= 15 is 0 Å². The molecule has 3 rings (SSSR count). The molecule has 2 fully saturated rings. The van der Waals surface area contributed by atoms with Crippen LogP contribution in [-0.2, 0) is 0 Å². The lowest BCUT2D eigenvalue weighted by atomic mass is 9.66. The van der Waals surface area contributed by atoms with Crippen LogP contribution in [0.2, 0.25) is 0 Å². The van der Waals surface area contributed by atoms with Gasteiger partial charge in [-0.15, -0.1) is 0 Å². The Morgan fingerprint density at radius 3 is 2.86 bits per heavy atom. The second-order valence-corrected chi connectivity index (χ2v) is 5.93. The molecule has 78 valence electrons. The third-order valence-corrected chi connectivity index (χ3v) is 5.43. The van der Waals surface area contributed by atoms with E-state index in [1.165, 1.54) is 44.9 Å². The lowest BCUT2D eigenvalue weighted by Crippen LogP contribution is -2.28.